The molecule has 0 aromatic rings. The van der Waals surface area contributed by atoms with Crippen LogP contribution < -0.4 is 5.32 Å². The molecule has 2 heteroatoms. The van der Waals surface area contributed by atoms with Crippen LogP contribution in [-0.4, -0.2) is 36.6 Å². The quantitative estimate of drug-likeness (QED) is 0.767. The molecule has 3 atom stereocenters. The highest BCUT2D eigenvalue weighted by Crippen LogP contribution is 2.22. The fourth-order valence-corrected chi connectivity index (χ4v) is 2.74. The van der Waals surface area contributed by atoms with Gasteiger partial charge in [0.2, 0.25) is 0 Å². The topological polar surface area (TPSA) is 15.3 Å². The van der Waals surface area contributed by atoms with Gasteiger partial charge < -0.3 is 10.2 Å². The largest absolute Gasteiger partial charge is 0.314 e. The maximum absolute atomic E-state index is 3.59. The molecule has 1 aliphatic heterocycles. The highest BCUT2D eigenvalue weighted by molar-refractivity contribution is 4.80. The third-order valence-electron chi connectivity index (χ3n) is 4.41. The average molecular weight is 240 g/mol. The van der Waals surface area contributed by atoms with Crippen LogP contribution in [0.2, 0.25) is 0 Å². The minimum absolute atomic E-state index is 0.623. The molecule has 102 valence electrons. The Labute approximate surface area is 108 Å². The number of likely N-dealkylation sites (tertiary alicyclic amines) is 1. The van der Waals surface area contributed by atoms with E-state index in [9.17, 15) is 0 Å². The Morgan fingerprint density at radius 2 is 1.94 bits per heavy atom. The molecular weight excluding hydrogens is 208 g/mol. The number of hydrogen-bond acceptors (Lipinski definition) is 2. The van der Waals surface area contributed by atoms with Gasteiger partial charge in [0, 0.05) is 18.6 Å². The van der Waals surface area contributed by atoms with E-state index < -0.39 is 0 Å². The summed E-state index contributed by atoms with van der Waals surface area (Å²) >= 11 is 0. The molecule has 0 aromatic carbocycles. The monoisotopic (exact) mass is 240 g/mol. The van der Waals surface area contributed by atoms with Crippen LogP contribution in [0.25, 0.3) is 0 Å². The predicted octanol–water partition coefficient (Wildman–Crippen LogP) is 3.13. The molecule has 0 aromatic heterocycles. The molecule has 2 nitrogen and oxygen atoms in total. The Morgan fingerprint density at radius 3 is 2.53 bits per heavy atom. The first kappa shape index (κ1) is 15.0. The van der Waals surface area contributed by atoms with E-state index in [-0.39, 0.29) is 0 Å². The summed E-state index contributed by atoms with van der Waals surface area (Å²) in [6.07, 6.45) is 4.08. The highest BCUT2D eigenvalue weighted by atomic mass is 15.2. The summed E-state index contributed by atoms with van der Waals surface area (Å²) < 4.78 is 0. The van der Waals surface area contributed by atoms with Crippen molar-refractivity contribution < 1.29 is 0 Å². The second-order valence-electron chi connectivity index (χ2n) is 6.19. The summed E-state index contributed by atoms with van der Waals surface area (Å²) in [4.78, 5) is 2.71. The van der Waals surface area contributed by atoms with E-state index in [1.54, 1.807) is 0 Å². The SMILES string of the molecule is CCC(C)C(C)N1CCCC(CNC(C)C)C1. The molecule has 1 rings (SSSR count). The van der Waals surface area contributed by atoms with Crippen LogP contribution >= 0.6 is 0 Å². The summed E-state index contributed by atoms with van der Waals surface area (Å²) in [5.74, 6) is 1.68. The van der Waals surface area contributed by atoms with Crippen molar-refractivity contribution in [3.8, 4) is 0 Å². The van der Waals surface area contributed by atoms with E-state index in [1.165, 1.54) is 38.9 Å². The number of nitrogens with zero attached hydrogens (tertiary/aromatic N) is 1. The Bertz CT molecular complexity index is 203. The van der Waals surface area contributed by atoms with Crippen molar-refractivity contribution in [2.45, 2.75) is 66.0 Å². The first-order valence-electron chi connectivity index (χ1n) is 7.52. The first-order valence-corrected chi connectivity index (χ1v) is 7.52. The van der Waals surface area contributed by atoms with Gasteiger partial charge in [-0.25, -0.2) is 0 Å². The van der Waals surface area contributed by atoms with Crippen LogP contribution in [0.5, 0.6) is 0 Å². The van der Waals surface area contributed by atoms with Crippen LogP contribution in [0.1, 0.15) is 53.9 Å². The van der Waals surface area contributed by atoms with Gasteiger partial charge in [0.1, 0.15) is 0 Å². The third kappa shape index (κ3) is 4.97. The zero-order valence-corrected chi connectivity index (χ0v) is 12.5. The number of nitrogens with one attached hydrogen (secondary N) is 1. The number of hydrogen-bond donors (Lipinski definition) is 1. The lowest BCUT2D eigenvalue weighted by atomic mass is 9.92. The molecule has 0 bridgehead atoms. The molecule has 1 aliphatic rings. The Balaban J connectivity index is 2.37. The standard InChI is InChI=1S/C15H32N2/c1-6-13(4)14(5)17-9-7-8-15(11-17)10-16-12(2)3/h12-16H,6-11H2,1-5H3. The molecule has 0 aliphatic carbocycles. The summed E-state index contributed by atoms with van der Waals surface area (Å²) in [6, 6.07) is 1.37. The predicted molar refractivity (Wildman–Crippen MR) is 76.4 cm³/mol. The highest BCUT2D eigenvalue weighted by Gasteiger charge is 2.25. The summed E-state index contributed by atoms with van der Waals surface area (Å²) in [5, 5.41) is 3.59. The molecule has 0 spiro atoms. The molecule has 1 heterocycles. The van der Waals surface area contributed by atoms with Crippen molar-refractivity contribution in [3.05, 3.63) is 0 Å². The molecule has 1 N–H and O–H groups in total. The van der Waals surface area contributed by atoms with E-state index in [1.807, 2.05) is 0 Å². The smallest absolute Gasteiger partial charge is 0.00925 e. The Kier molecular flexibility index (Phi) is 6.50. The number of piperidine rings is 1. The lowest BCUT2D eigenvalue weighted by molar-refractivity contribution is 0.0986. The molecule has 0 amide bonds. The Morgan fingerprint density at radius 1 is 1.24 bits per heavy atom. The summed E-state index contributed by atoms with van der Waals surface area (Å²) in [5.41, 5.74) is 0. The van der Waals surface area contributed by atoms with E-state index in [2.05, 4.69) is 44.8 Å². The molecule has 0 saturated carbocycles. The van der Waals surface area contributed by atoms with Crippen LogP contribution in [0.15, 0.2) is 0 Å². The van der Waals surface area contributed by atoms with Gasteiger partial charge in [-0.2, -0.15) is 0 Å². The van der Waals surface area contributed by atoms with Gasteiger partial charge in [-0.15, -0.1) is 0 Å². The van der Waals surface area contributed by atoms with Gasteiger partial charge in [0.15, 0.2) is 0 Å². The fraction of sp³-hybridized carbons (Fsp3) is 1.00. The van der Waals surface area contributed by atoms with Crippen molar-refractivity contribution in [1.82, 2.24) is 10.2 Å². The second kappa shape index (κ2) is 7.38. The zero-order valence-electron chi connectivity index (χ0n) is 12.5. The van der Waals surface area contributed by atoms with E-state index in [0.29, 0.717) is 6.04 Å². The molecule has 17 heavy (non-hydrogen) atoms. The minimum Gasteiger partial charge on any atom is -0.314 e. The fourth-order valence-electron chi connectivity index (χ4n) is 2.74. The van der Waals surface area contributed by atoms with Crippen molar-refractivity contribution in [3.63, 3.8) is 0 Å². The summed E-state index contributed by atoms with van der Waals surface area (Å²) in [7, 11) is 0. The second-order valence-corrected chi connectivity index (χ2v) is 6.19. The third-order valence-corrected chi connectivity index (χ3v) is 4.41. The van der Waals surface area contributed by atoms with Crippen LogP contribution in [0.3, 0.4) is 0 Å². The normalized spacial score (nSPS) is 26.1. The molecule has 3 unspecified atom stereocenters. The summed E-state index contributed by atoms with van der Waals surface area (Å²) in [6.45, 7) is 15.4. The Hall–Kier alpha value is -0.0800. The molecular formula is C15H32N2. The van der Waals surface area contributed by atoms with Gasteiger partial charge in [-0.1, -0.05) is 34.1 Å². The van der Waals surface area contributed by atoms with Gasteiger partial charge >= 0.3 is 0 Å². The van der Waals surface area contributed by atoms with Crippen molar-refractivity contribution in [2.75, 3.05) is 19.6 Å². The van der Waals surface area contributed by atoms with E-state index in [4.69, 9.17) is 0 Å². The lowest BCUT2D eigenvalue weighted by Crippen LogP contribution is -2.46. The van der Waals surface area contributed by atoms with Crippen molar-refractivity contribution >= 4 is 0 Å². The zero-order chi connectivity index (χ0) is 12.8. The van der Waals surface area contributed by atoms with Crippen molar-refractivity contribution in [2.24, 2.45) is 11.8 Å². The minimum atomic E-state index is 0.623. The first-order chi connectivity index (χ1) is 8.04. The maximum Gasteiger partial charge on any atom is 0.00925 e. The van der Waals surface area contributed by atoms with Crippen LogP contribution in [0, 0.1) is 11.8 Å². The molecule has 0 radical (unpaired) electrons. The van der Waals surface area contributed by atoms with Gasteiger partial charge in [-0.05, 0) is 44.7 Å². The molecule has 1 fully saturated rings. The number of rotatable bonds is 6. The van der Waals surface area contributed by atoms with E-state index >= 15 is 0 Å². The van der Waals surface area contributed by atoms with E-state index in [0.717, 1.165) is 17.9 Å². The van der Waals surface area contributed by atoms with Crippen LogP contribution in [0.4, 0.5) is 0 Å². The average Bonchev–Trinajstić information content (AvgIpc) is 2.34. The lowest BCUT2D eigenvalue weighted by Gasteiger charge is -2.39. The van der Waals surface area contributed by atoms with Gasteiger partial charge in [0.05, 0.1) is 0 Å². The maximum atomic E-state index is 3.59. The van der Waals surface area contributed by atoms with Gasteiger partial charge in [-0.3, -0.25) is 0 Å². The molecule has 1 saturated heterocycles. The van der Waals surface area contributed by atoms with Crippen molar-refractivity contribution in [1.29, 1.82) is 0 Å². The van der Waals surface area contributed by atoms with Gasteiger partial charge in [0.25, 0.3) is 0 Å². The van der Waals surface area contributed by atoms with Crippen LogP contribution in [-0.2, 0) is 0 Å².